The third-order valence-electron chi connectivity index (χ3n) is 5.49. The second-order valence-electron chi connectivity index (χ2n) is 7.22. The third-order valence-corrected chi connectivity index (χ3v) is 7.39. The molecule has 28 heavy (non-hydrogen) atoms. The molecule has 148 valence electrons. The number of hydrogen-bond acceptors (Lipinski definition) is 2. The molecule has 1 saturated carbocycles. The van der Waals surface area contributed by atoms with E-state index in [9.17, 15) is 17.2 Å². The van der Waals surface area contributed by atoms with E-state index in [1.54, 1.807) is 18.2 Å². The largest absolute Gasteiger partial charge is 0.268 e. The predicted molar refractivity (Wildman–Crippen MR) is 107 cm³/mol. The number of aromatic nitrogens is 1. The van der Waals surface area contributed by atoms with E-state index in [2.05, 4.69) is 0 Å². The zero-order valence-corrected chi connectivity index (χ0v) is 16.7. The normalized spacial score (nSPS) is 16.1. The van der Waals surface area contributed by atoms with Gasteiger partial charge in [0.1, 0.15) is 0 Å². The Balaban J connectivity index is 1.96. The van der Waals surface area contributed by atoms with Gasteiger partial charge in [0, 0.05) is 22.2 Å². The van der Waals surface area contributed by atoms with Crippen molar-refractivity contribution in [3.63, 3.8) is 0 Å². The van der Waals surface area contributed by atoms with Gasteiger partial charge in [-0.1, -0.05) is 49.1 Å². The van der Waals surface area contributed by atoms with Crippen molar-refractivity contribution in [1.29, 1.82) is 0 Å². The summed E-state index contributed by atoms with van der Waals surface area (Å²) in [6.07, 6.45) is 3.46. The summed E-state index contributed by atoms with van der Waals surface area (Å²) in [5.41, 5.74) is 0.882. The van der Waals surface area contributed by atoms with Crippen LogP contribution in [0.1, 0.15) is 55.6 Å². The fraction of sp³-hybridized carbons (Fsp3) is 0.333. The summed E-state index contributed by atoms with van der Waals surface area (Å²) in [4.78, 5) is -0.0271. The van der Waals surface area contributed by atoms with E-state index in [1.807, 2.05) is 6.07 Å². The van der Waals surface area contributed by atoms with Gasteiger partial charge in [0.05, 0.1) is 10.4 Å². The molecule has 0 saturated heterocycles. The van der Waals surface area contributed by atoms with Crippen LogP contribution in [0.15, 0.2) is 53.6 Å². The molecule has 3 nitrogen and oxygen atoms in total. The van der Waals surface area contributed by atoms with Crippen molar-refractivity contribution in [2.45, 2.75) is 49.3 Å². The third kappa shape index (κ3) is 3.33. The van der Waals surface area contributed by atoms with Crippen LogP contribution in [0.25, 0.3) is 10.9 Å². The molecule has 0 bridgehead atoms. The molecule has 4 rings (SSSR count). The van der Waals surface area contributed by atoms with Crippen molar-refractivity contribution < 1.29 is 17.2 Å². The molecule has 0 amide bonds. The molecule has 0 spiro atoms. The first-order chi connectivity index (χ1) is 13.4. The summed E-state index contributed by atoms with van der Waals surface area (Å²) in [5, 5.41) is 0.643. The van der Waals surface area contributed by atoms with Crippen LogP contribution >= 0.6 is 11.6 Å². The van der Waals surface area contributed by atoms with Gasteiger partial charge in [-0.15, -0.1) is 0 Å². The molecule has 0 atom stereocenters. The van der Waals surface area contributed by atoms with Crippen molar-refractivity contribution in [1.82, 2.24) is 3.97 Å². The summed E-state index contributed by atoms with van der Waals surface area (Å²) in [6.45, 7) is 0. The van der Waals surface area contributed by atoms with E-state index < -0.39 is 16.4 Å². The molecule has 1 aliphatic carbocycles. The molecule has 0 aliphatic heterocycles. The highest BCUT2D eigenvalue weighted by atomic mass is 35.5. The fourth-order valence-electron chi connectivity index (χ4n) is 4.18. The average molecular weight is 424 g/mol. The summed E-state index contributed by atoms with van der Waals surface area (Å²) < 4.78 is 55.1. The van der Waals surface area contributed by atoms with Crippen molar-refractivity contribution >= 4 is 32.5 Å². The minimum absolute atomic E-state index is 0.0271. The number of fused-ring (bicyclic) bond motifs is 1. The molecule has 0 N–H and O–H groups in total. The van der Waals surface area contributed by atoms with Crippen LogP contribution in [0, 0.1) is 0 Å². The SMILES string of the molecule is O=S(=O)(c1cccc(Cl)c1)n1cc(C(F)F)c2c(C3CCCCC3)cccc21. The minimum Gasteiger partial charge on any atom is -0.241 e. The monoisotopic (exact) mass is 423 g/mol. The van der Waals surface area contributed by atoms with Crippen molar-refractivity contribution in [3.8, 4) is 0 Å². The van der Waals surface area contributed by atoms with E-state index in [0.717, 1.165) is 47.8 Å². The summed E-state index contributed by atoms with van der Waals surface area (Å²) in [6, 6.07) is 11.1. The van der Waals surface area contributed by atoms with Crippen LogP contribution < -0.4 is 0 Å². The quantitative estimate of drug-likeness (QED) is 0.479. The maximum atomic E-state index is 13.9. The molecule has 1 heterocycles. The first-order valence-corrected chi connectivity index (χ1v) is 11.1. The van der Waals surface area contributed by atoms with E-state index in [1.165, 1.54) is 18.2 Å². The number of rotatable bonds is 4. The molecular weight excluding hydrogens is 404 g/mol. The van der Waals surface area contributed by atoms with Crippen molar-refractivity contribution in [3.05, 3.63) is 64.8 Å². The van der Waals surface area contributed by atoms with Gasteiger partial charge in [-0.3, -0.25) is 0 Å². The molecule has 1 aliphatic rings. The standard InChI is InChI=1S/C21H20ClF2NO2S/c22-15-8-4-9-16(12-15)28(26,27)25-13-18(21(23)24)20-17(10-5-11-19(20)25)14-6-2-1-3-7-14/h4-5,8-14,21H,1-3,6-7H2. The highest BCUT2D eigenvalue weighted by molar-refractivity contribution is 7.90. The zero-order valence-electron chi connectivity index (χ0n) is 15.1. The van der Waals surface area contributed by atoms with Gasteiger partial charge in [0.2, 0.25) is 0 Å². The van der Waals surface area contributed by atoms with Gasteiger partial charge in [-0.05, 0) is 48.6 Å². The molecule has 0 radical (unpaired) electrons. The lowest BCUT2D eigenvalue weighted by Crippen LogP contribution is -2.12. The smallest absolute Gasteiger partial charge is 0.241 e. The maximum Gasteiger partial charge on any atom is 0.268 e. The van der Waals surface area contributed by atoms with Crippen molar-refractivity contribution in [2.24, 2.45) is 0 Å². The van der Waals surface area contributed by atoms with Gasteiger partial charge < -0.3 is 0 Å². The predicted octanol–water partition coefficient (Wildman–Crippen LogP) is 6.52. The highest BCUT2D eigenvalue weighted by Gasteiger charge is 2.28. The fourth-order valence-corrected chi connectivity index (χ4v) is 5.85. The molecule has 0 unspecified atom stereocenters. The number of nitrogens with zero attached hydrogens (tertiary/aromatic N) is 1. The van der Waals surface area contributed by atoms with Gasteiger partial charge in [0.25, 0.3) is 16.4 Å². The number of halogens is 3. The molecular formula is C21H20ClF2NO2S. The molecule has 3 aromatic rings. The lowest BCUT2D eigenvalue weighted by atomic mass is 9.82. The lowest BCUT2D eigenvalue weighted by Gasteiger charge is -2.23. The van der Waals surface area contributed by atoms with E-state index in [-0.39, 0.29) is 21.4 Å². The van der Waals surface area contributed by atoms with Gasteiger partial charge in [0.15, 0.2) is 0 Å². The summed E-state index contributed by atoms with van der Waals surface area (Å²) in [7, 11) is -4.05. The molecule has 7 heteroatoms. The highest BCUT2D eigenvalue weighted by Crippen LogP contribution is 2.41. The minimum atomic E-state index is -4.05. The number of benzene rings is 2. The van der Waals surface area contributed by atoms with E-state index >= 15 is 0 Å². The van der Waals surface area contributed by atoms with Gasteiger partial charge in [-0.2, -0.15) is 0 Å². The van der Waals surface area contributed by atoms with Crippen LogP contribution in [-0.2, 0) is 10.0 Å². The van der Waals surface area contributed by atoms with Crippen LogP contribution in [0.2, 0.25) is 5.02 Å². The Bertz CT molecular complexity index is 1120. The maximum absolute atomic E-state index is 13.9. The van der Waals surface area contributed by atoms with Crippen LogP contribution in [0.4, 0.5) is 8.78 Å². The average Bonchev–Trinajstić information content (AvgIpc) is 3.09. The molecule has 1 fully saturated rings. The Kier molecular flexibility index (Phi) is 5.19. The Hall–Kier alpha value is -1.92. The van der Waals surface area contributed by atoms with Crippen LogP contribution in [0.5, 0.6) is 0 Å². The second-order valence-corrected chi connectivity index (χ2v) is 9.47. The van der Waals surface area contributed by atoms with Crippen LogP contribution in [-0.4, -0.2) is 12.4 Å². The van der Waals surface area contributed by atoms with Crippen molar-refractivity contribution in [2.75, 3.05) is 0 Å². The van der Waals surface area contributed by atoms with Gasteiger partial charge in [-0.25, -0.2) is 21.2 Å². The molecule has 1 aromatic heterocycles. The molecule has 2 aromatic carbocycles. The first-order valence-electron chi connectivity index (χ1n) is 9.33. The van der Waals surface area contributed by atoms with Gasteiger partial charge >= 0.3 is 0 Å². The first kappa shape index (κ1) is 19.4. The Labute approximate surface area is 168 Å². The number of hydrogen-bond donors (Lipinski definition) is 0. The zero-order chi connectivity index (χ0) is 19.9. The lowest BCUT2D eigenvalue weighted by molar-refractivity contribution is 0.153. The Morgan fingerprint density at radius 1 is 1.04 bits per heavy atom. The van der Waals surface area contributed by atoms with E-state index in [4.69, 9.17) is 11.6 Å². The summed E-state index contributed by atoms with van der Waals surface area (Å²) >= 11 is 5.95. The second kappa shape index (κ2) is 7.48. The Morgan fingerprint density at radius 3 is 2.43 bits per heavy atom. The summed E-state index contributed by atoms with van der Waals surface area (Å²) in [5.74, 6) is 0.180. The topological polar surface area (TPSA) is 39.1 Å². The van der Waals surface area contributed by atoms with E-state index in [0.29, 0.717) is 10.9 Å². The Morgan fingerprint density at radius 2 is 1.75 bits per heavy atom. The number of alkyl halides is 2. The van der Waals surface area contributed by atoms with Crippen LogP contribution in [0.3, 0.4) is 0 Å².